The zero-order chi connectivity index (χ0) is 25.4. The molecule has 0 bridgehead atoms. The molecule has 2 N–H and O–H groups in total. The standard InChI is InChI=1S/C30H37N3O3/c1-35-28-17-14-25(22-29(28)36-2)9-6-19-31-18-3-4-21-33-30(34)11-5-8-24-12-15-26(16-13-24)27-10-7-20-32-23-27/h5,7-8,10,12-17,20,22-23,31H,3-4,6,9,11,18-19,21H2,1-2H3,(H,33,34)/b8-5+. The molecule has 1 heterocycles. The fourth-order valence-corrected chi connectivity index (χ4v) is 3.88. The summed E-state index contributed by atoms with van der Waals surface area (Å²) in [7, 11) is 3.31. The van der Waals surface area contributed by atoms with Crippen molar-refractivity contribution in [1.29, 1.82) is 0 Å². The van der Waals surface area contributed by atoms with Crippen LogP contribution in [0.25, 0.3) is 17.2 Å². The molecule has 0 aliphatic heterocycles. The minimum atomic E-state index is 0.0566. The van der Waals surface area contributed by atoms with Crippen LogP contribution in [0.3, 0.4) is 0 Å². The minimum Gasteiger partial charge on any atom is -0.493 e. The number of ether oxygens (including phenoxy) is 2. The average Bonchev–Trinajstić information content (AvgIpc) is 2.92. The summed E-state index contributed by atoms with van der Waals surface area (Å²) in [6.07, 6.45) is 12.0. The molecule has 0 spiro atoms. The van der Waals surface area contributed by atoms with Crippen molar-refractivity contribution in [2.24, 2.45) is 0 Å². The van der Waals surface area contributed by atoms with Crippen molar-refractivity contribution in [1.82, 2.24) is 15.6 Å². The van der Waals surface area contributed by atoms with Gasteiger partial charge in [0.2, 0.25) is 5.91 Å². The molecular weight excluding hydrogens is 450 g/mol. The fourth-order valence-electron chi connectivity index (χ4n) is 3.88. The quantitative estimate of drug-likeness (QED) is 0.285. The van der Waals surface area contributed by atoms with Gasteiger partial charge in [-0.1, -0.05) is 48.6 Å². The summed E-state index contributed by atoms with van der Waals surface area (Å²) in [5, 5.41) is 6.47. The number of amides is 1. The summed E-state index contributed by atoms with van der Waals surface area (Å²) < 4.78 is 10.6. The van der Waals surface area contributed by atoms with Gasteiger partial charge in [-0.05, 0) is 79.2 Å². The molecule has 36 heavy (non-hydrogen) atoms. The number of benzene rings is 2. The van der Waals surface area contributed by atoms with E-state index in [2.05, 4.69) is 45.9 Å². The molecule has 0 atom stereocenters. The molecule has 0 fully saturated rings. The van der Waals surface area contributed by atoms with Crippen LogP contribution in [0.15, 0.2) is 73.1 Å². The summed E-state index contributed by atoms with van der Waals surface area (Å²) in [6, 6.07) is 18.3. The molecule has 0 radical (unpaired) electrons. The highest BCUT2D eigenvalue weighted by molar-refractivity contribution is 5.78. The fraction of sp³-hybridized carbons (Fsp3) is 0.333. The number of aromatic nitrogens is 1. The molecule has 0 saturated carbocycles. The van der Waals surface area contributed by atoms with Crippen LogP contribution in [-0.2, 0) is 11.2 Å². The third-order valence-corrected chi connectivity index (χ3v) is 5.89. The van der Waals surface area contributed by atoms with Gasteiger partial charge in [0, 0.05) is 25.4 Å². The molecule has 3 rings (SSSR count). The van der Waals surface area contributed by atoms with E-state index in [0.29, 0.717) is 13.0 Å². The SMILES string of the molecule is COc1ccc(CCCNCCCCNC(=O)C/C=C/c2ccc(-c3cccnc3)cc2)cc1OC. The van der Waals surface area contributed by atoms with Gasteiger partial charge in [0.1, 0.15) is 0 Å². The van der Waals surface area contributed by atoms with Gasteiger partial charge in [0.15, 0.2) is 11.5 Å². The van der Waals surface area contributed by atoms with E-state index in [1.54, 1.807) is 20.4 Å². The van der Waals surface area contributed by atoms with Crippen LogP contribution in [0.1, 0.15) is 36.8 Å². The summed E-state index contributed by atoms with van der Waals surface area (Å²) in [5.74, 6) is 1.59. The Hall–Kier alpha value is -3.64. The lowest BCUT2D eigenvalue weighted by atomic mass is 10.1. The van der Waals surface area contributed by atoms with Crippen LogP contribution in [0, 0.1) is 0 Å². The monoisotopic (exact) mass is 487 g/mol. The van der Waals surface area contributed by atoms with Gasteiger partial charge >= 0.3 is 0 Å². The van der Waals surface area contributed by atoms with Gasteiger partial charge in [-0.2, -0.15) is 0 Å². The highest BCUT2D eigenvalue weighted by atomic mass is 16.5. The van der Waals surface area contributed by atoms with Gasteiger partial charge in [0.05, 0.1) is 14.2 Å². The summed E-state index contributed by atoms with van der Waals surface area (Å²) in [5.41, 5.74) is 4.54. The molecule has 0 unspecified atom stereocenters. The first-order valence-electron chi connectivity index (χ1n) is 12.5. The number of carbonyl (C=O) groups is 1. The van der Waals surface area contributed by atoms with Crippen molar-refractivity contribution in [3.05, 3.63) is 84.2 Å². The van der Waals surface area contributed by atoms with Gasteiger partial charge in [0.25, 0.3) is 0 Å². The van der Waals surface area contributed by atoms with E-state index in [9.17, 15) is 4.79 Å². The predicted molar refractivity (Wildman–Crippen MR) is 146 cm³/mol. The highest BCUT2D eigenvalue weighted by Gasteiger charge is 2.04. The van der Waals surface area contributed by atoms with Gasteiger partial charge < -0.3 is 20.1 Å². The topological polar surface area (TPSA) is 72.5 Å². The smallest absolute Gasteiger partial charge is 0.223 e. The molecule has 6 heteroatoms. The molecule has 6 nitrogen and oxygen atoms in total. The third-order valence-electron chi connectivity index (χ3n) is 5.89. The van der Waals surface area contributed by atoms with Crippen molar-refractivity contribution in [3.8, 4) is 22.6 Å². The lowest BCUT2D eigenvalue weighted by Crippen LogP contribution is -2.24. The Labute approximate surface area is 214 Å². The number of nitrogens with one attached hydrogen (secondary N) is 2. The van der Waals surface area contributed by atoms with Crippen molar-refractivity contribution in [3.63, 3.8) is 0 Å². The molecule has 3 aromatic rings. The number of carbonyl (C=O) groups excluding carboxylic acids is 1. The van der Waals surface area contributed by atoms with Crippen LogP contribution < -0.4 is 20.1 Å². The van der Waals surface area contributed by atoms with Gasteiger partial charge in [-0.3, -0.25) is 9.78 Å². The van der Waals surface area contributed by atoms with Crippen molar-refractivity contribution in [2.75, 3.05) is 33.9 Å². The largest absolute Gasteiger partial charge is 0.493 e. The average molecular weight is 488 g/mol. The number of aryl methyl sites for hydroxylation is 1. The maximum Gasteiger partial charge on any atom is 0.223 e. The number of methoxy groups -OCH3 is 2. The van der Waals surface area contributed by atoms with Crippen molar-refractivity contribution >= 4 is 12.0 Å². The van der Waals surface area contributed by atoms with E-state index in [-0.39, 0.29) is 5.91 Å². The van der Waals surface area contributed by atoms with Crippen molar-refractivity contribution in [2.45, 2.75) is 32.1 Å². The molecule has 190 valence electrons. The first kappa shape index (κ1) is 27.0. The number of hydrogen-bond donors (Lipinski definition) is 2. The van der Waals surface area contributed by atoms with E-state index < -0.39 is 0 Å². The lowest BCUT2D eigenvalue weighted by molar-refractivity contribution is -0.120. The maximum atomic E-state index is 12.1. The number of hydrogen-bond acceptors (Lipinski definition) is 5. The Morgan fingerprint density at radius 1 is 0.889 bits per heavy atom. The Morgan fingerprint density at radius 3 is 2.42 bits per heavy atom. The first-order valence-corrected chi connectivity index (χ1v) is 12.5. The molecule has 2 aromatic carbocycles. The Morgan fingerprint density at radius 2 is 1.67 bits per heavy atom. The molecule has 0 aliphatic carbocycles. The van der Waals surface area contributed by atoms with E-state index in [1.165, 1.54) is 5.56 Å². The third kappa shape index (κ3) is 9.19. The molecule has 1 amide bonds. The first-order chi connectivity index (χ1) is 17.7. The minimum absolute atomic E-state index is 0.0566. The summed E-state index contributed by atoms with van der Waals surface area (Å²) >= 11 is 0. The summed E-state index contributed by atoms with van der Waals surface area (Å²) in [4.78, 5) is 16.2. The van der Waals surface area contributed by atoms with Crippen LogP contribution >= 0.6 is 0 Å². The molecule has 0 aliphatic rings. The van der Waals surface area contributed by atoms with Crippen molar-refractivity contribution < 1.29 is 14.3 Å². The van der Waals surface area contributed by atoms with E-state index in [0.717, 1.165) is 67.0 Å². The maximum absolute atomic E-state index is 12.1. The lowest BCUT2D eigenvalue weighted by Gasteiger charge is -2.10. The van der Waals surface area contributed by atoms with Gasteiger partial charge in [-0.15, -0.1) is 0 Å². The second-order valence-electron chi connectivity index (χ2n) is 8.57. The molecule has 0 saturated heterocycles. The molecular formula is C30H37N3O3. The number of nitrogens with zero attached hydrogens (tertiary/aromatic N) is 1. The molecule has 1 aromatic heterocycles. The highest BCUT2D eigenvalue weighted by Crippen LogP contribution is 2.27. The van der Waals surface area contributed by atoms with E-state index in [4.69, 9.17) is 9.47 Å². The second-order valence-corrected chi connectivity index (χ2v) is 8.57. The van der Waals surface area contributed by atoms with Crippen LogP contribution in [0.2, 0.25) is 0 Å². The van der Waals surface area contributed by atoms with E-state index in [1.807, 2.05) is 42.6 Å². The summed E-state index contributed by atoms with van der Waals surface area (Å²) in [6.45, 7) is 2.63. The normalized spacial score (nSPS) is 10.9. The Balaban J connectivity index is 1.21. The van der Waals surface area contributed by atoms with E-state index >= 15 is 0 Å². The number of rotatable bonds is 15. The van der Waals surface area contributed by atoms with Crippen LogP contribution in [-0.4, -0.2) is 44.7 Å². The zero-order valence-corrected chi connectivity index (χ0v) is 21.3. The Kier molecular flexibility index (Phi) is 11.5. The van der Waals surface area contributed by atoms with Crippen LogP contribution in [0.5, 0.6) is 11.5 Å². The van der Waals surface area contributed by atoms with Gasteiger partial charge in [-0.25, -0.2) is 0 Å². The second kappa shape index (κ2) is 15.4. The zero-order valence-electron chi connectivity index (χ0n) is 21.3. The predicted octanol–water partition coefficient (Wildman–Crippen LogP) is 5.29. The van der Waals surface area contributed by atoms with Crippen LogP contribution in [0.4, 0.5) is 0 Å². The number of unbranched alkanes of at least 4 members (excludes halogenated alkanes) is 1. The number of pyridine rings is 1. The Bertz CT molecular complexity index is 1080.